The Morgan fingerprint density at radius 2 is 2.04 bits per heavy atom. The molecule has 1 fully saturated rings. The predicted molar refractivity (Wildman–Crippen MR) is 105 cm³/mol. The van der Waals surface area contributed by atoms with Crippen LogP contribution in [0.5, 0.6) is 0 Å². The smallest absolute Gasteiger partial charge is 0.272 e. The Kier molecular flexibility index (Phi) is 5.58. The summed E-state index contributed by atoms with van der Waals surface area (Å²) in [5, 5.41) is 3.02. The Morgan fingerprint density at radius 3 is 2.70 bits per heavy atom. The van der Waals surface area contributed by atoms with E-state index < -0.39 is 10.0 Å². The van der Waals surface area contributed by atoms with Crippen LogP contribution >= 0.6 is 0 Å². The van der Waals surface area contributed by atoms with E-state index in [-0.39, 0.29) is 17.9 Å². The van der Waals surface area contributed by atoms with Crippen molar-refractivity contribution in [3.05, 3.63) is 35.9 Å². The second kappa shape index (κ2) is 7.59. The largest absolute Gasteiger partial charge is 0.348 e. The number of imidazole rings is 1. The number of nitrogens with one attached hydrogen (secondary N) is 1. The minimum absolute atomic E-state index is 0.0348. The maximum atomic E-state index is 12.8. The van der Waals surface area contributed by atoms with Crippen molar-refractivity contribution in [1.29, 1.82) is 0 Å². The molecular formula is C19H28N4O3S. The topological polar surface area (TPSA) is 83.8 Å². The third-order valence-electron chi connectivity index (χ3n) is 5.37. The molecule has 2 atom stereocenters. The van der Waals surface area contributed by atoms with Gasteiger partial charge in [-0.2, -0.15) is 0 Å². The molecule has 0 spiro atoms. The number of amides is 1. The second-order valence-electron chi connectivity index (χ2n) is 7.74. The van der Waals surface area contributed by atoms with Crippen molar-refractivity contribution in [2.45, 2.75) is 45.6 Å². The summed E-state index contributed by atoms with van der Waals surface area (Å²) in [6, 6.07) is 5.69. The van der Waals surface area contributed by atoms with Crippen molar-refractivity contribution in [2.75, 3.05) is 19.3 Å². The van der Waals surface area contributed by atoms with Gasteiger partial charge in [-0.15, -0.1) is 0 Å². The number of hydrogen-bond acceptors (Lipinski definition) is 4. The summed E-state index contributed by atoms with van der Waals surface area (Å²) in [5.74, 6) is 0.847. The number of aromatic nitrogens is 2. The van der Waals surface area contributed by atoms with Gasteiger partial charge in [-0.1, -0.05) is 19.9 Å². The van der Waals surface area contributed by atoms with Crippen LogP contribution in [0.15, 0.2) is 24.4 Å². The fraction of sp³-hybridized carbons (Fsp3) is 0.579. The Morgan fingerprint density at radius 1 is 1.30 bits per heavy atom. The second-order valence-corrected chi connectivity index (χ2v) is 9.72. The van der Waals surface area contributed by atoms with Gasteiger partial charge in [0.1, 0.15) is 5.82 Å². The van der Waals surface area contributed by atoms with Gasteiger partial charge in [0.15, 0.2) is 5.69 Å². The van der Waals surface area contributed by atoms with Gasteiger partial charge in [0.25, 0.3) is 5.91 Å². The number of hydrogen-bond donors (Lipinski definition) is 1. The highest BCUT2D eigenvalue weighted by Crippen LogP contribution is 2.29. The maximum absolute atomic E-state index is 12.8. The first-order chi connectivity index (χ1) is 12.7. The molecule has 1 N–H and O–H groups in total. The van der Waals surface area contributed by atoms with Crippen molar-refractivity contribution in [1.82, 2.24) is 19.0 Å². The molecule has 2 aromatic rings. The standard InChI is InChI=1S/C19H28N4O3S/c1-13(2)14(3)20-19(24)17-16-9-5-6-11-23(16)18(21-17)15-8-7-10-22(12-15)27(4,25)26/h5-6,9,11,13-15H,7-8,10,12H2,1-4H3,(H,20,24)/t14-,15+/m1/s1. The van der Waals surface area contributed by atoms with Gasteiger partial charge in [0.2, 0.25) is 10.0 Å². The maximum Gasteiger partial charge on any atom is 0.272 e. The van der Waals surface area contributed by atoms with Gasteiger partial charge in [-0.05, 0) is 37.8 Å². The first kappa shape index (κ1) is 19.8. The van der Waals surface area contributed by atoms with E-state index in [1.54, 1.807) is 0 Å². The Bertz CT molecular complexity index is 936. The van der Waals surface area contributed by atoms with Crippen LogP contribution in [0.2, 0.25) is 0 Å². The van der Waals surface area contributed by atoms with E-state index in [4.69, 9.17) is 0 Å². The van der Waals surface area contributed by atoms with E-state index in [9.17, 15) is 13.2 Å². The van der Waals surface area contributed by atoms with Crippen LogP contribution < -0.4 is 5.32 Å². The molecular weight excluding hydrogens is 364 g/mol. The summed E-state index contributed by atoms with van der Waals surface area (Å²) in [7, 11) is -3.24. The first-order valence-corrected chi connectivity index (χ1v) is 11.3. The number of nitrogens with zero attached hydrogens (tertiary/aromatic N) is 3. The van der Waals surface area contributed by atoms with Gasteiger partial charge in [0, 0.05) is 31.2 Å². The number of carbonyl (C=O) groups excluding carboxylic acids is 1. The number of fused-ring (bicyclic) bond motifs is 1. The van der Waals surface area contributed by atoms with Crippen LogP contribution in [0, 0.1) is 5.92 Å². The zero-order valence-corrected chi connectivity index (χ0v) is 17.2. The van der Waals surface area contributed by atoms with E-state index in [0.717, 1.165) is 24.2 Å². The van der Waals surface area contributed by atoms with Crippen LogP contribution in [0.1, 0.15) is 55.8 Å². The number of sulfonamides is 1. The van der Waals surface area contributed by atoms with Gasteiger partial charge in [0.05, 0.1) is 11.8 Å². The average Bonchev–Trinajstić information content (AvgIpc) is 3.01. The highest BCUT2D eigenvalue weighted by molar-refractivity contribution is 7.88. The molecule has 1 aliphatic rings. The fourth-order valence-electron chi connectivity index (χ4n) is 3.41. The van der Waals surface area contributed by atoms with E-state index in [1.165, 1.54) is 10.6 Å². The van der Waals surface area contributed by atoms with Crippen LogP contribution in [0.4, 0.5) is 0 Å². The van der Waals surface area contributed by atoms with E-state index in [1.807, 2.05) is 35.7 Å². The predicted octanol–water partition coefficient (Wildman–Crippen LogP) is 2.25. The first-order valence-electron chi connectivity index (χ1n) is 9.41. The molecule has 0 aliphatic carbocycles. The summed E-state index contributed by atoms with van der Waals surface area (Å²) in [5.41, 5.74) is 1.15. The molecule has 2 aromatic heterocycles. The summed E-state index contributed by atoms with van der Waals surface area (Å²) >= 11 is 0. The Hall–Kier alpha value is -1.93. The Labute approximate surface area is 160 Å². The van der Waals surface area contributed by atoms with E-state index in [2.05, 4.69) is 24.1 Å². The Balaban J connectivity index is 1.96. The highest BCUT2D eigenvalue weighted by Gasteiger charge is 2.31. The summed E-state index contributed by atoms with van der Waals surface area (Å²) in [6.45, 7) is 7.04. The molecule has 27 heavy (non-hydrogen) atoms. The monoisotopic (exact) mass is 392 g/mol. The van der Waals surface area contributed by atoms with Gasteiger partial charge in [-0.25, -0.2) is 17.7 Å². The lowest BCUT2D eigenvalue weighted by molar-refractivity contribution is 0.0927. The molecule has 148 valence electrons. The molecule has 0 saturated carbocycles. The quantitative estimate of drug-likeness (QED) is 0.846. The lowest BCUT2D eigenvalue weighted by atomic mass is 9.99. The molecule has 3 rings (SSSR count). The third kappa shape index (κ3) is 4.16. The number of carbonyl (C=O) groups is 1. The average molecular weight is 393 g/mol. The molecule has 1 saturated heterocycles. The fourth-order valence-corrected chi connectivity index (χ4v) is 4.32. The zero-order chi connectivity index (χ0) is 19.8. The molecule has 8 heteroatoms. The molecule has 3 heterocycles. The summed E-state index contributed by atoms with van der Waals surface area (Å²) in [4.78, 5) is 17.5. The summed E-state index contributed by atoms with van der Waals surface area (Å²) < 4.78 is 27.3. The molecule has 1 amide bonds. The normalized spacial score (nSPS) is 20.1. The minimum atomic E-state index is -3.24. The van der Waals surface area contributed by atoms with Gasteiger partial charge < -0.3 is 9.72 Å². The van der Waals surface area contributed by atoms with Crippen molar-refractivity contribution < 1.29 is 13.2 Å². The lowest BCUT2D eigenvalue weighted by Crippen LogP contribution is -2.39. The van der Waals surface area contributed by atoms with Crippen molar-refractivity contribution in [2.24, 2.45) is 5.92 Å². The van der Waals surface area contributed by atoms with Crippen LogP contribution in [-0.4, -0.2) is 53.4 Å². The molecule has 0 unspecified atom stereocenters. The molecule has 0 radical (unpaired) electrons. The van der Waals surface area contributed by atoms with Crippen molar-refractivity contribution in [3.63, 3.8) is 0 Å². The minimum Gasteiger partial charge on any atom is -0.348 e. The SMILES string of the molecule is CC(C)[C@@H](C)NC(=O)c1nc([C@H]2CCCN(S(C)(=O)=O)C2)n2ccccc12. The number of rotatable bonds is 5. The third-order valence-corrected chi connectivity index (χ3v) is 6.64. The molecule has 0 bridgehead atoms. The number of piperidine rings is 1. The van der Waals surface area contributed by atoms with Crippen LogP contribution in [-0.2, 0) is 10.0 Å². The van der Waals surface area contributed by atoms with Crippen LogP contribution in [0.3, 0.4) is 0 Å². The molecule has 7 nitrogen and oxygen atoms in total. The lowest BCUT2D eigenvalue weighted by Gasteiger charge is -2.30. The highest BCUT2D eigenvalue weighted by atomic mass is 32.2. The molecule has 0 aromatic carbocycles. The van der Waals surface area contributed by atoms with E-state index in [0.29, 0.717) is 24.7 Å². The van der Waals surface area contributed by atoms with Crippen LogP contribution in [0.25, 0.3) is 5.52 Å². The van der Waals surface area contributed by atoms with Gasteiger partial charge in [-0.3, -0.25) is 4.79 Å². The van der Waals surface area contributed by atoms with Crippen molar-refractivity contribution in [3.8, 4) is 0 Å². The molecule has 1 aliphatic heterocycles. The summed E-state index contributed by atoms with van der Waals surface area (Å²) in [6.07, 6.45) is 4.76. The van der Waals surface area contributed by atoms with E-state index >= 15 is 0 Å². The zero-order valence-electron chi connectivity index (χ0n) is 16.3. The number of pyridine rings is 1. The van der Waals surface area contributed by atoms with Crippen molar-refractivity contribution >= 4 is 21.4 Å². The van der Waals surface area contributed by atoms with Gasteiger partial charge >= 0.3 is 0 Å².